The van der Waals surface area contributed by atoms with Crippen molar-refractivity contribution in [3.8, 4) is 11.5 Å². The first-order valence-corrected chi connectivity index (χ1v) is 10.4. The lowest BCUT2D eigenvalue weighted by atomic mass is 10.2. The minimum Gasteiger partial charge on any atom is -0.454 e. The molecule has 31 heavy (non-hydrogen) atoms. The topological polar surface area (TPSA) is 47.1 Å². The van der Waals surface area contributed by atoms with Gasteiger partial charge in [0.15, 0.2) is 5.76 Å². The molecule has 0 fully saturated rings. The molecule has 0 radical (unpaired) electrons. The second kappa shape index (κ2) is 8.58. The normalized spacial score (nSPS) is 11.4. The molecule has 5 rings (SSSR count). The SMILES string of the molecule is CN(Cc1ccccn1)Cc1cn(Cc2ccccc2)nc1-c1cc2ccccc2o1. The van der Waals surface area contributed by atoms with Crippen LogP contribution in [-0.4, -0.2) is 26.7 Å². The maximum absolute atomic E-state index is 6.15. The minimum atomic E-state index is 0.720. The van der Waals surface area contributed by atoms with Gasteiger partial charge in [-0.3, -0.25) is 14.6 Å². The Bertz CT molecular complexity index is 1240. The van der Waals surface area contributed by atoms with Crippen LogP contribution in [0.15, 0.2) is 95.7 Å². The lowest BCUT2D eigenvalue weighted by Gasteiger charge is -2.15. The molecule has 0 aliphatic rings. The molecule has 0 aliphatic carbocycles. The summed E-state index contributed by atoms with van der Waals surface area (Å²) in [6.07, 6.45) is 3.96. The summed E-state index contributed by atoms with van der Waals surface area (Å²) in [5.74, 6) is 0.800. The molecule has 0 saturated heterocycles. The number of nitrogens with zero attached hydrogens (tertiary/aromatic N) is 4. The van der Waals surface area contributed by atoms with Crippen LogP contribution in [0, 0.1) is 0 Å². The Morgan fingerprint density at radius 1 is 0.903 bits per heavy atom. The van der Waals surface area contributed by atoms with E-state index in [1.807, 2.05) is 47.3 Å². The van der Waals surface area contributed by atoms with Crippen molar-refractivity contribution < 1.29 is 4.42 Å². The first-order valence-electron chi connectivity index (χ1n) is 10.4. The highest BCUT2D eigenvalue weighted by molar-refractivity contribution is 5.82. The quantitative estimate of drug-likeness (QED) is 0.363. The largest absolute Gasteiger partial charge is 0.454 e. The number of para-hydroxylation sites is 1. The lowest BCUT2D eigenvalue weighted by Crippen LogP contribution is -2.18. The Hall–Kier alpha value is -3.70. The highest BCUT2D eigenvalue weighted by atomic mass is 16.3. The first-order chi connectivity index (χ1) is 15.2. The van der Waals surface area contributed by atoms with E-state index in [2.05, 4.69) is 65.6 Å². The highest BCUT2D eigenvalue weighted by Crippen LogP contribution is 2.30. The van der Waals surface area contributed by atoms with Gasteiger partial charge >= 0.3 is 0 Å². The first kappa shape index (κ1) is 19.3. The van der Waals surface area contributed by atoms with Crippen LogP contribution in [0.3, 0.4) is 0 Å². The molecule has 0 aliphatic heterocycles. The van der Waals surface area contributed by atoms with Gasteiger partial charge in [0, 0.05) is 36.4 Å². The number of furan rings is 1. The van der Waals surface area contributed by atoms with Gasteiger partial charge in [0.25, 0.3) is 0 Å². The van der Waals surface area contributed by atoms with Gasteiger partial charge in [0.2, 0.25) is 0 Å². The number of rotatable bonds is 7. The molecule has 154 valence electrons. The van der Waals surface area contributed by atoms with Crippen molar-refractivity contribution in [2.24, 2.45) is 0 Å². The summed E-state index contributed by atoms with van der Waals surface area (Å²) in [4.78, 5) is 6.70. The monoisotopic (exact) mass is 408 g/mol. The van der Waals surface area contributed by atoms with E-state index in [0.717, 1.165) is 53.3 Å². The summed E-state index contributed by atoms with van der Waals surface area (Å²) in [6.45, 7) is 2.24. The fourth-order valence-corrected chi connectivity index (χ4v) is 3.85. The van der Waals surface area contributed by atoms with E-state index in [1.165, 1.54) is 5.56 Å². The van der Waals surface area contributed by atoms with Crippen LogP contribution in [0.25, 0.3) is 22.4 Å². The number of hydrogen-bond donors (Lipinski definition) is 0. The maximum atomic E-state index is 6.15. The minimum absolute atomic E-state index is 0.720. The van der Waals surface area contributed by atoms with Crippen LogP contribution < -0.4 is 0 Å². The van der Waals surface area contributed by atoms with Crippen molar-refractivity contribution in [1.29, 1.82) is 0 Å². The number of hydrogen-bond acceptors (Lipinski definition) is 4. The third-order valence-electron chi connectivity index (χ3n) is 5.28. The molecule has 2 aromatic carbocycles. The Morgan fingerprint density at radius 2 is 1.71 bits per heavy atom. The summed E-state index contributed by atoms with van der Waals surface area (Å²) in [6, 6.07) is 26.6. The molecule has 5 heteroatoms. The van der Waals surface area contributed by atoms with E-state index >= 15 is 0 Å². The molecular formula is C26H24N4O. The fourth-order valence-electron chi connectivity index (χ4n) is 3.85. The lowest BCUT2D eigenvalue weighted by molar-refractivity contribution is 0.315. The second-order valence-electron chi connectivity index (χ2n) is 7.83. The number of aromatic nitrogens is 3. The van der Waals surface area contributed by atoms with Gasteiger partial charge in [-0.25, -0.2) is 0 Å². The third-order valence-corrected chi connectivity index (χ3v) is 5.28. The molecule has 0 bridgehead atoms. The molecule has 3 aromatic heterocycles. The van der Waals surface area contributed by atoms with E-state index in [4.69, 9.17) is 9.52 Å². The summed E-state index contributed by atoms with van der Waals surface area (Å²) in [7, 11) is 2.10. The Balaban J connectivity index is 1.47. The van der Waals surface area contributed by atoms with Gasteiger partial charge < -0.3 is 4.42 Å². The summed E-state index contributed by atoms with van der Waals surface area (Å²) in [5, 5.41) is 6.00. The van der Waals surface area contributed by atoms with Crippen LogP contribution in [0.2, 0.25) is 0 Å². The predicted octanol–water partition coefficient (Wildman–Crippen LogP) is 5.37. The zero-order valence-electron chi connectivity index (χ0n) is 17.5. The molecule has 0 saturated carbocycles. The maximum Gasteiger partial charge on any atom is 0.156 e. The van der Waals surface area contributed by atoms with E-state index in [9.17, 15) is 0 Å². The van der Waals surface area contributed by atoms with Gasteiger partial charge in [-0.1, -0.05) is 54.6 Å². The molecule has 5 nitrogen and oxygen atoms in total. The number of benzene rings is 2. The van der Waals surface area contributed by atoms with Crippen LogP contribution >= 0.6 is 0 Å². The molecule has 0 amide bonds. The molecule has 0 spiro atoms. The van der Waals surface area contributed by atoms with Crippen LogP contribution in [0.1, 0.15) is 16.8 Å². The molecule has 3 heterocycles. The van der Waals surface area contributed by atoms with Crippen molar-refractivity contribution in [3.63, 3.8) is 0 Å². The van der Waals surface area contributed by atoms with Crippen LogP contribution in [0.4, 0.5) is 0 Å². The standard InChI is InChI=1S/C26H24N4O/c1-29(19-23-12-7-8-14-27-23)17-22-18-30(16-20-9-3-2-4-10-20)28-26(22)25-15-21-11-5-6-13-24(21)31-25/h2-15,18H,16-17,19H2,1H3. The summed E-state index contributed by atoms with van der Waals surface area (Å²) in [5.41, 5.74) is 5.16. The summed E-state index contributed by atoms with van der Waals surface area (Å²) < 4.78 is 8.15. The Kier molecular flexibility index (Phi) is 5.33. The fraction of sp³-hybridized carbons (Fsp3) is 0.154. The highest BCUT2D eigenvalue weighted by Gasteiger charge is 2.17. The van der Waals surface area contributed by atoms with Crippen LogP contribution in [-0.2, 0) is 19.6 Å². The van der Waals surface area contributed by atoms with Gasteiger partial charge in [0.05, 0.1) is 12.2 Å². The smallest absolute Gasteiger partial charge is 0.156 e. The van der Waals surface area contributed by atoms with E-state index in [-0.39, 0.29) is 0 Å². The van der Waals surface area contributed by atoms with Crippen molar-refractivity contribution in [2.75, 3.05) is 7.05 Å². The van der Waals surface area contributed by atoms with Crippen molar-refractivity contribution in [3.05, 3.63) is 108 Å². The van der Waals surface area contributed by atoms with Gasteiger partial charge in [0.1, 0.15) is 11.3 Å². The molecular weight excluding hydrogens is 384 g/mol. The molecule has 5 aromatic rings. The number of pyridine rings is 1. The predicted molar refractivity (Wildman–Crippen MR) is 122 cm³/mol. The average Bonchev–Trinajstić information content (AvgIpc) is 3.38. The second-order valence-corrected chi connectivity index (χ2v) is 7.83. The molecule has 0 unspecified atom stereocenters. The number of fused-ring (bicyclic) bond motifs is 1. The average molecular weight is 409 g/mol. The van der Waals surface area contributed by atoms with Crippen molar-refractivity contribution >= 4 is 11.0 Å². The molecule has 0 N–H and O–H groups in total. The zero-order valence-corrected chi connectivity index (χ0v) is 17.5. The van der Waals surface area contributed by atoms with E-state index in [1.54, 1.807) is 0 Å². The Labute approximate surface area is 181 Å². The van der Waals surface area contributed by atoms with E-state index in [0.29, 0.717) is 0 Å². The van der Waals surface area contributed by atoms with Crippen LogP contribution in [0.5, 0.6) is 0 Å². The van der Waals surface area contributed by atoms with Gasteiger partial charge in [-0.05, 0) is 36.9 Å². The van der Waals surface area contributed by atoms with E-state index < -0.39 is 0 Å². The molecule has 0 atom stereocenters. The summed E-state index contributed by atoms with van der Waals surface area (Å²) >= 11 is 0. The van der Waals surface area contributed by atoms with Crippen molar-refractivity contribution in [1.82, 2.24) is 19.7 Å². The van der Waals surface area contributed by atoms with Gasteiger partial charge in [-0.2, -0.15) is 5.10 Å². The Morgan fingerprint density at radius 3 is 2.52 bits per heavy atom. The third kappa shape index (κ3) is 4.42. The zero-order chi connectivity index (χ0) is 21.0. The van der Waals surface area contributed by atoms with Crippen molar-refractivity contribution in [2.45, 2.75) is 19.6 Å². The van der Waals surface area contributed by atoms with Gasteiger partial charge in [-0.15, -0.1) is 0 Å².